The highest BCUT2D eigenvalue weighted by atomic mass is 19.4. The van der Waals surface area contributed by atoms with Gasteiger partial charge in [0.1, 0.15) is 5.60 Å². The van der Waals surface area contributed by atoms with Gasteiger partial charge < -0.3 is 4.74 Å². The van der Waals surface area contributed by atoms with Gasteiger partial charge in [0.25, 0.3) is 5.91 Å². The molecule has 1 aromatic rings. The lowest BCUT2D eigenvalue weighted by molar-refractivity contribution is -0.137. The average molecular weight is 355 g/mol. The summed E-state index contributed by atoms with van der Waals surface area (Å²) in [4.78, 5) is 25.6. The van der Waals surface area contributed by atoms with Crippen LogP contribution in [0, 0.1) is 0 Å². The molecule has 7 heteroatoms. The summed E-state index contributed by atoms with van der Waals surface area (Å²) in [5.41, 5.74) is -0.963. The first kappa shape index (κ1) is 19.0. The minimum absolute atomic E-state index is 0.230. The second-order valence-electron chi connectivity index (χ2n) is 6.83. The molecule has 0 atom stereocenters. The number of halogens is 3. The smallest absolute Gasteiger partial charge is 0.417 e. The van der Waals surface area contributed by atoms with Gasteiger partial charge in [-0.1, -0.05) is 12.1 Å². The van der Waals surface area contributed by atoms with Crippen LogP contribution >= 0.6 is 0 Å². The summed E-state index contributed by atoms with van der Waals surface area (Å²) >= 11 is 0. The van der Waals surface area contributed by atoms with E-state index in [1.807, 2.05) is 0 Å². The lowest BCUT2D eigenvalue weighted by Crippen LogP contribution is -2.44. The molecule has 0 saturated carbocycles. The molecule has 1 saturated heterocycles. The third kappa shape index (κ3) is 5.08. The fourth-order valence-electron chi connectivity index (χ4n) is 2.44. The van der Waals surface area contributed by atoms with Crippen molar-refractivity contribution in [2.75, 3.05) is 6.54 Å². The molecule has 0 radical (unpaired) electrons. The predicted octanol–water partition coefficient (Wildman–Crippen LogP) is 4.65. The van der Waals surface area contributed by atoms with Crippen LogP contribution in [0.4, 0.5) is 18.0 Å². The Labute approximate surface area is 144 Å². The number of ether oxygens (including phenoxy) is 1. The molecule has 2 amide bonds. The van der Waals surface area contributed by atoms with Crippen LogP contribution < -0.4 is 0 Å². The molecule has 1 aromatic carbocycles. The summed E-state index contributed by atoms with van der Waals surface area (Å²) in [5.74, 6) is -0.530. The number of likely N-dealkylation sites (tertiary alicyclic amines) is 1. The quantitative estimate of drug-likeness (QED) is 0.689. The van der Waals surface area contributed by atoms with Crippen molar-refractivity contribution in [3.8, 4) is 0 Å². The van der Waals surface area contributed by atoms with Crippen molar-refractivity contribution in [3.63, 3.8) is 0 Å². The number of piperidine rings is 1. The number of carbonyl (C=O) groups is 2. The Kier molecular flexibility index (Phi) is 5.25. The summed E-state index contributed by atoms with van der Waals surface area (Å²) in [6.45, 7) is 5.31. The SMILES string of the molecule is CC(C)(C)OC(=O)N1CCC/C(=C\c2cccc(C(F)(F)F)c2)C1=O. The van der Waals surface area contributed by atoms with Crippen LogP contribution in [0.1, 0.15) is 44.7 Å². The van der Waals surface area contributed by atoms with Gasteiger partial charge in [-0.05, 0) is 57.4 Å². The zero-order chi connectivity index (χ0) is 18.8. The number of amides is 2. The summed E-state index contributed by atoms with van der Waals surface area (Å²) in [5, 5.41) is 0. The van der Waals surface area contributed by atoms with Gasteiger partial charge in [0, 0.05) is 12.1 Å². The van der Waals surface area contributed by atoms with Crippen LogP contribution in [0.15, 0.2) is 29.8 Å². The molecule has 0 unspecified atom stereocenters. The van der Waals surface area contributed by atoms with Crippen molar-refractivity contribution >= 4 is 18.1 Å². The Morgan fingerprint density at radius 2 is 1.92 bits per heavy atom. The maximum absolute atomic E-state index is 12.8. The predicted molar refractivity (Wildman–Crippen MR) is 86.6 cm³/mol. The van der Waals surface area contributed by atoms with Gasteiger partial charge in [0.2, 0.25) is 0 Å². The molecule has 136 valence electrons. The van der Waals surface area contributed by atoms with Crippen molar-refractivity contribution in [2.45, 2.75) is 45.4 Å². The van der Waals surface area contributed by atoms with Gasteiger partial charge in [0.05, 0.1) is 5.56 Å². The largest absolute Gasteiger partial charge is 0.443 e. The zero-order valence-electron chi connectivity index (χ0n) is 14.3. The van der Waals surface area contributed by atoms with Gasteiger partial charge in [-0.3, -0.25) is 4.79 Å². The highest BCUT2D eigenvalue weighted by molar-refractivity contribution is 6.05. The van der Waals surface area contributed by atoms with Crippen LogP contribution in [0.2, 0.25) is 0 Å². The minimum atomic E-state index is -4.45. The zero-order valence-corrected chi connectivity index (χ0v) is 14.3. The van der Waals surface area contributed by atoms with Gasteiger partial charge >= 0.3 is 12.3 Å². The van der Waals surface area contributed by atoms with Crippen molar-refractivity contribution in [1.29, 1.82) is 0 Å². The third-order valence-electron chi connectivity index (χ3n) is 3.52. The molecule has 25 heavy (non-hydrogen) atoms. The first-order valence-corrected chi connectivity index (χ1v) is 7.90. The molecule has 0 spiro atoms. The van der Waals surface area contributed by atoms with Gasteiger partial charge in [0.15, 0.2) is 0 Å². The van der Waals surface area contributed by atoms with Crippen molar-refractivity contribution in [1.82, 2.24) is 4.90 Å². The minimum Gasteiger partial charge on any atom is -0.443 e. The van der Waals surface area contributed by atoms with E-state index in [-0.39, 0.29) is 17.7 Å². The fourth-order valence-corrected chi connectivity index (χ4v) is 2.44. The maximum Gasteiger partial charge on any atom is 0.417 e. The summed E-state index contributed by atoms with van der Waals surface area (Å²) in [6, 6.07) is 4.72. The molecule has 2 rings (SSSR count). The molecule has 0 aliphatic carbocycles. The van der Waals surface area contributed by atoms with E-state index in [2.05, 4.69) is 0 Å². The number of alkyl halides is 3. The first-order chi connectivity index (χ1) is 11.5. The van der Waals surface area contributed by atoms with E-state index in [0.29, 0.717) is 12.8 Å². The number of imide groups is 1. The van der Waals surface area contributed by atoms with Crippen LogP contribution in [0.3, 0.4) is 0 Å². The number of carbonyl (C=O) groups excluding carboxylic acids is 2. The average Bonchev–Trinajstić information content (AvgIpc) is 2.47. The van der Waals surface area contributed by atoms with E-state index >= 15 is 0 Å². The Hall–Kier alpha value is -2.31. The number of nitrogens with zero attached hydrogens (tertiary/aromatic N) is 1. The monoisotopic (exact) mass is 355 g/mol. The van der Waals surface area contributed by atoms with Crippen molar-refractivity contribution in [3.05, 3.63) is 41.0 Å². The molecule has 1 heterocycles. The fraction of sp³-hybridized carbons (Fsp3) is 0.444. The molecule has 0 aromatic heterocycles. The summed E-state index contributed by atoms with van der Waals surface area (Å²) < 4.78 is 43.6. The van der Waals surface area contributed by atoms with Crippen LogP contribution in [0.25, 0.3) is 6.08 Å². The Bertz CT molecular complexity index is 702. The number of hydrogen-bond donors (Lipinski definition) is 0. The van der Waals surface area contributed by atoms with Crippen molar-refractivity contribution < 1.29 is 27.5 Å². The van der Waals surface area contributed by atoms with E-state index in [1.165, 1.54) is 18.2 Å². The van der Waals surface area contributed by atoms with E-state index in [1.54, 1.807) is 20.8 Å². The lowest BCUT2D eigenvalue weighted by atomic mass is 10.00. The molecular weight excluding hydrogens is 335 g/mol. The number of benzene rings is 1. The second kappa shape index (κ2) is 6.90. The summed E-state index contributed by atoms with van der Waals surface area (Å²) in [6.07, 6.45) is -2.86. The third-order valence-corrected chi connectivity index (χ3v) is 3.52. The molecule has 0 N–H and O–H groups in total. The maximum atomic E-state index is 12.8. The highest BCUT2D eigenvalue weighted by Crippen LogP contribution is 2.30. The van der Waals surface area contributed by atoms with E-state index in [4.69, 9.17) is 4.74 Å². The normalized spacial score (nSPS) is 17.8. The molecule has 0 bridgehead atoms. The lowest BCUT2D eigenvalue weighted by Gasteiger charge is -2.29. The second-order valence-corrected chi connectivity index (χ2v) is 6.83. The van der Waals surface area contributed by atoms with E-state index < -0.39 is 29.3 Å². The first-order valence-electron chi connectivity index (χ1n) is 7.90. The topological polar surface area (TPSA) is 46.6 Å². The number of rotatable bonds is 1. The van der Waals surface area contributed by atoms with Crippen LogP contribution in [-0.4, -0.2) is 29.0 Å². The van der Waals surface area contributed by atoms with Crippen molar-refractivity contribution in [2.24, 2.45) is 0 Å². The Morgan fingerprint density at radius 3 is 2.52 bits per heavy atom. The van der Waals surface area contributed by atoms with Crippen LogP contribution in [0.5, 0.6) is 0 Å². The Balaban J connectivity index is 2.23. The van der Waals surface area contributed by atoms with E-state index in [9.17, 15) is 22.8 Å². The molecule has 1 aliphatic rings. The van der Waals surface area contributed by atoms with Crippen LogP contribution in [-0.2, 0) is 15.7 Å². The summed E-state index contributed by atoms with van der Waals surface area (Å²) in [7, 11) is 0. The molecular formula is C18H20F3NO3. The van der Waals surface area contributed by atoms with Gasteiger partial charge in [-0.15, -0.1) is 0 Å². The van der Waals surface area contributed by atoms with E-state index in [0.717, 1.165) is 17.0 Å². The standard InChI is InChI=1S/C18H20F3NO3/c1-17(2,3)25-16(24)22-9-5-7-13(15(22)23)10-12-6-4-8-14(11-12)18(19,20)21/h4,6,8,10-11H,5,7,9H2,1-3H3/b13-10+. The highest BCUT2D eigenvalue weighted by Gasteiger charge is 2.32. The van der Waals surface area contributed by atoms with Gasteiger partial charge in [-0.2, -0.15) is 13.2 Å². The Morgan fingerprint density at radius 1 is 1.24 bits per heavy atom. The molecule has 1 aliphatic heterocycles. The van der Waals surface area contributed by atoms with Gasteiger partial charge in [-0.25, -0.2) is 9.69 Å². The molecule has 1 fully saturated rings. The molecule has 4 nitrogen and oxygen atoms in total. The number of hydrogen-bond acceptors (Lipinski definition) is 3.